The highest BCUT2D eigenvalue weighted by Gasteiger charge is 2.14. The highest BCUT2D eigenvalue weighted by Crippen LogP contribution is 2.11. The van der Waals surface area contributed by atoms with Gasteiger partial charge in [-0.1, -0.05) is 13.0 Å². The average molecular weight is 210 g/mol. The third-order valence-electron chi connectivity index (χ3n) is 2.24. The minimum absolute atomic E-state index is 0.161. The molecule has 82 valence electrons. The van der Waals surface area contributed by atoms with Crippen molar-refractivity contribution in [1.29, 1.82) is 0 Å². The van der Waals surface area contributed by atoms with Crippen LogP contribution in [0.3, 0.4) is 0 Å². The van der Waals surface area contributed by atoms with Crippen molar-refractivity contribution in [2.24, 2.45) is 11.7 Å². The molecule has 3 nitrogen and oxygen atoms in total. The lowest BCUT2D eigenvalue weighted by atomic mass is 10.1. The van der Waals surface area contributed by atoms with Crippen molar-refractivity contribution in [1.82, 2.24) is 0 Å². The summed E-state index contributed by atoms with van der Waals surface area (Å²) in [5, 5.41) is 2.63. The van der Waals surface area contributed by atoms with Gasteiger partial charge in [-0.25, -0.2) is 4.39 Å². The summed E-state index contributed by atoms with van der Waals surface area (Å²) >= 11 is 0. The van der Waals surface area contributed by atoms with Crippen LogP contribution in [0.1, 0.15) is 13.3 Å². The third-order valence-corrected chi connectivity index (χ3v) is 2.24. The molecule has 1 atom stereocenters. The summed E-state index contributed by atoms with van der Waals surface area (Å²) in [6.45, 7) is 2.19. The van der Waals surface area contributed by atoms with Crippen LogP contribution in [0, 0.1) is 11.7 Å². The topological polar surface area (TPSA) is 55.1 Å². The van der Waals surface area contributed by atoms with Gasteiger partial charge in [-0.15, -0.1) is 0 Å². The molecular formula is C11H15FN2O. The molecule has 1 aromatic carbocycles. The summed E-state index contributed by atoms with van der Waals surface area (Å²) in [6.07, 6.45) is 0.678. The molecule has 0 saturated heterocycles. The quantitative estimate of drug-likeness (QED) is 0.795. The zero-order chi connectivity index (χ0) is 11.3. The summed E-state index contributed by atoms with van der Waals surface area (Å²) in [5.74, 6) is -0.743. The summed E-state index contributed by atoms with van der Waals surface area (Å²) in [5.41, 5.74) is 5.90. The van der Waals surface area contributed by atoms with Crippen LogP contribution in [-0.2, 0) is 4.79 Å². The SMILES string of the molecule is CCC(CN)C(=O)Nc1cccc(F)c1. The minimum Gasteiger partial charge on any atom is -0.330 e. The standard InChI is InChI=1S/C11H15FN2O/c1-2-8(7-13)11(15)14-10-5-3-4-9(12)6-10/h3-6,8H,2,7,13H2,1H3,(H,14,15). The molecule has 0 aromatic heterocycles. The molecule has 0 saturated carbocycles. The van der Waals surface area contributed by atoms with Crippen LogP contribution >= 0.6 is 0 Å². The largest absolute Gasteiger partial charge is 0.330 e. The normalized spacial score (nSPS) is 12.2. The number of rotatable bonds is 4. The van der Waals surface area contributed by atoms with Crippen LogP contribution in [-0.4, -0.2) is 12.5 Å². The predicted molar refractivity (Wildman–Crippen MR) is 57.9 cm³/mol. The van der Waals surface area contributed by atoms with Gasteiger partial charge in [0.05, 0.1) is 5.92 Å². The predicted octanol–water partition coefficient (Wildman–Crippen LogP) is 1.75. The Labute approximate surface area is 88.5 Å². The van der Waals surface area contributed by atoms with Gasteiger partial charge in [-0.05, 0) is 24.6 Å². The molecule has 0 bridgehead atoms. The number of halogens is 1. The van der Waals surface area contributed by atoms with Gasteiger partial charge in [-0.2, -0.15) is 0 Å². The second-order valence-corrected chi connectivity index (χ2v) is 3.34. The zero-order valence-corrected chi connectivity index (χ0v) is 8.66. The fourth-order valence-corrected chi connectivity index (χ4v) is 1.27. The molecule has 1 unspecified atom stereocenters. The number of hydrogen-bond acceptors (Lipinski definition) is 2. The van der Waals surface area contributed by atoms with Crippen LogP contribution < -0.4 is 11.1 Å². The monoisotopic (exact) mass is 210 g/mol. The molecule has 3 N–H and O–H groups in total. The van der Waals surface area contributed by atoms with E-state index in [9.17, 15) is 9.18 Å². The molecular weight excluding hydrogens is 195 g/mol. The van der Waals surface area contributed by atoms with E-state index in [2.05, 4.69) is 5.32 Å². The molecule has 0 spiro atoms. The molecule has 15 heavy (non-hydrogen) atoms. The first-order chi connectivity index (χ1) is 7.17. The van der Waals surface area contributed by atoms with Crippen molar-refractivity contribution in [2.75, 3.05) is 11.9 Å². The van der Waals surface area contributed by atoms with E-state index in [1.54, 1.807) is 12.1 Å². The first-order valence-corrected chi connectivity index (χ1v) is 4.94. The Balaban J connectivity index is 2.65. The number of carbonyl (C=O) groups is 1. The third kappa shape index (κ3) is 3.32. The van der Waals surface area contributed by atoms with Gasteiger partial charge in [0.1, 0.15) is 5.82 Å². The fraction of sp³-hybridized carbons (Fsp3) is 0.364. The van der Waals surface area contributed by atoms with Crippen LogP contribution in [0.4, 0.5) is 10.1 Å². The average Bonchev–Trinajstić information content (AvgIpc) is 2.19. The van der Waals surface area contributed by atoms with Gasteiger partial charge in [-0.3, -0.25) is 4.79 Å². The molecule has 0 fully saturated rings. The van der Waals surface area contributed by atoms with Gasteiger partial charge < -0.3 is 11.1 Å². The van der Waals surface area contributed by atoms with E-state index in [-0.39, 0.29) is 17.6 Å². The highest BCUT2D eigenvalue weighted by molar-refractivity contribution is 5.92. The molecule has 0 radical (unpaired) electrons. The van der Waals surface area contributed by atoms with E-state index in [0.29, 0.717) is 18.7 Å². The van der Waals surface area contributed by atoms with Crippen LogP contribution in [0.2, 0.25) is 0 Å². The molecule has 0 heterocycles. The van der Waals surface area contributed by atoms with Gasteiger partial charge in [0.25, 0.3) is 0 Å². The van der Waals surface area contributed by atoms with Crippen molar-refractivity contribution in [3.05, 3.63) is 30.1 Å². The lowest BCUT2D eigenvalue weighted by molar-refractivity contribution is -0.119. The van der Waals surface area contributed by atoms with E-state index < -0.39 is 0 Å². The first-order valence-electron chi connectivity index (χ1n) is 4.94. The molecule has 1 rings (SSSR count). The van der Waals surface area contributed by atoms with Crippen molar-refractivity contribution >= 4 is 11.6 Å². The number of hydrogen-bond donors (Lipinski definition) is 2. The first kappa shape index (κ1) is 11.7. The van der Waals surface area contributed by atoms with E-state index in [1.165, 1.54) is 12.1 Å². The van der Waals surface area contributed by atoms with Crippen molar-refractivity contribution in [3.63, 3.8) is 0 Å². The van der Waals surface area contributed by atoms with E-state index >= 15 is 0 Å². The number of nitrogens with two attached hydrogens (primary N) is 1. The Bertz CT molecular complexity index is 337. The summed E-state index contributed by atoms with van der Waals surface area (Å²) in [7, 11) is 0. The summed E-state index contributed by atoms with van der Waals surface area (Å²) < 4.78 is 12.8. The molecule has 0 aliphatic heterocycles. The number of nitrogens with one attached hydrogen (secondary N) is 1. The van der Waals surface area contributed by atoms with Crippen molar-refractivity contribution < 1.29 is 9.18 Å². The second kappa shape index (κ2) is 5.46. The Morgan fingerprint density at radius 1 is 1.60 bits per heavy atom. The van der Waals surface area contributed by atoms with E-state index in [4.69, 9.17) is 5.73 Å². The minimum atomic E-state index is -0.367. The summed E-state index contributed by atoms with van der Waals surface area (Å²) in [6, 6.07) is 5.80. The van der Waals surface area contributed by atoms with Crippen LogP contribution in [0.5, 0.6) is 0 Å². The maximum Gasteiger partial charge on any atom is 0.228 e. The second-order valence-electron chi connectivity index (χ2n) is 3.34. The summed E-state index contributed by atoms with van der Waals surface area (Å²) in [4.78, 5) is 11.6. The Morgan fingerprint density at radius 3 is 2.87 bits per heavy atom. The number of benzene rings is 1. The van der Waals surface area contributed by atoms with Crippen molar-refractivity contribution in [3.8, 4) is 0 Å². The lowest BCUT2D eigenvalue weighted by Crippen LogP contribution is -2.28. The number of carbonyl (C=O) groups excluding carboxylic acids is 1. The number of amides is 1. The number of anilines is 1. The Hall–Kier alpha value is -1.42. The molecule has 4 heteroatoms. The smallest absolute Gasteiger partial charge is 0.228 e. The van der Waals surface area contributed by atoms with Gasteiger partial charge >= 0.3 is 0 Å². The molecule has 1 aromatic rings. The van der Waals surface area contributed by atoms with Gasteiger partial charge in [0, 0.05) is 12.2 Å². The highest BCUT2D eigenvalue weighted by atomic mass is 19.1. The maximum atomic E-state index is 12.8. The zero-order valence-electron chi connectivity index (χ0n) is 8.66. The van der Waals surface area contributed by atoms with E-state index in [1.807, 2.05) is 6.92 Å². The van der Waals surface area contributed by atoms with Gasteiger partial charge in [0.15, 0.2) is 0 Å². The lowest BCUT2D eigenvalue weighted by Gasteiger charge is -2.12. The Kier molecular flexibility index (Phi) is 4.24. The van der Waals surface area contributed by atoms with Gasteiger partial charge in [0.2, 0.25) is 5.91 Å². The maximum absolute atomic E-state index is 12.8. The van der Waals surface area contributed by atoms with E-state index in [0.717, 1.165) is 0 Å². The Morgan fingerprint density at radius 2 is 2.33 bits per heavy atom. The molecule has 0 aliphatic carbocycles. The molecule has 0 aliphatic rings. The van der Waals surface area contributed by atoms with Crippen LogP contribution in [0.15, 0.2) is 24.3 Å². The fourth-order valence-electron chi connectivity index (χ4n) is 1.27. The molecule has 1 amide bonds. The van der Waals surface area contributed by atoms with Crippen LogP contribution in [0.25, 0.3) is 0 Å². The van der Waals surface area contributed by atoms with Crippen molar-refractivity contribution in [2.45, 2.75) is 13.3 Å².